The SMILES string of the molecule is CCN(CC)c1ccc(-c2cnc(N)[nH]2)cc1. The van der Waals surface area contributed by atoms with E-state index in [4.69, 9.17) is 5.73 Å². The number of aromatic nitrogens is 2. The molecule has 4 heteroatoms. The van der Waals surface area contributed by atoms with E-state index in [-0.39, 0.29) is 0 Å². The normalized spacial score (nSPS) is 10.5. The van der Waals surface area contributed by atoms with Crippen LogP contribution < -0.4 is 10.6 Å². The minimum absolute atomic E-state index is 0.452. The summed E-state index contributed by atoms with van der Waals surface area (Å²) >= 11 is 0. The first-order valence-corrected chi connectivity index (χ1v) is 5.90. The summed E-state index contributed by atoms with van der Waals surface area (Å²) in [6, 6.07) is 8.42. The van der Waals surface area contributed by atoms with Gasteiger partial charge in [0.1, 0.15) is 0 Å². The predicted molar refractivity (Wildman–Crippen MR) is 72.0 cm³/mol. The monoisotopic (exact) mass is 230 g/mol. The summed E-state index contributed by atoms with van der Waals surface area (Å²) < 4.78 is 0. The zero-order valence-corrected chi connectivity index (χ0v) is 10.3. The van der Waals surface area contributed by atoms with Crippen LogP contribution in [0.5, 0.6) is 0 Å². The third kappa shape index (κ3) is 2.41. The van der Waals surface area contributed by atoms with Crippen LogP contribution in [-0.2, 0) is 0 Å². The highest BCUT2D eigenvalue weighted by Gasteiger charge is 2.04. The summed E-state index contributed by atoms with van der Waals surface area (Å²) in [5.41, 5.74) is 8.86. The van der Waals surface area contributed by atoms with Crippen LogP contribution in [0.25, 0.3) is 11.3 Å². The van der Waals surface area contributed by atoms with Crippen molar-refractivity contribution in [3.63, 3.8) is 0 Å². The maximum absolute atomic E-state index is 5.56. The molecule has 0 saturated carbocycles. The summed E-state index contributed by atoms with van der Waals surface area (Å²) in [7, 11) is 0. The highest BCUT2D eigenvalue weighted by molar-refractivity contribution is 5.63. The van der Waals surface area contributed by atoms with Crippen LogP contribution in [0.3, 0.4) is 0 Å². The highest BCUT2D eigenvalue weighted by Crippen LogP contribution is 2.22. The van der Waals surface area contributed by atoms with Crippen molar-refractivity contribution in [2.24, 2.45) is 0 Å². The highest BCUT2D eigenvalue weighted by atomic mass is 15.1. The quantitative estimate of drug-likeness (QED) is 0.848. The lowest BCUT2D eigenvalue weighted by Gasteiger charge is -2.20. The van der Waals surface area contributed by atoms with Gasteiger partial charge in [0, 0.05) is 18.8 Å². The first kappa shape index (κ1) is 11.5. The molecule has 17 heavy (non-hydrogen) atoms. The number of H-pyrrole nitrogens is 1. The van der Waals surface area contributed by atoms with Crippen molar-refractivity contribution in [3.05, 3.63) is 30.5 Å². The Bertz CT molecular complexity index is 468. The van der Waals surface area contributed by atoms with Gasteiger partial charge in [-0.1, -0.05) is 12.1 Å². The van der Waals surface area contributed by atoms with E-state index < -0.39 is 0 Å². The number of anilines is 2. The van der Waals surface area contributed by atoms with E-state index in [0.717, 1.165) is 24.3 Å². The Morgan fingerprint density at radius 2 is 1.82 bits per heavy atom. The molecule has 0 saturated heterocycles. The molecule has 0 spiro atoms. The van der Waals surface area contributed by atoms with Gasteiger partial charge in [-0.15, -0.1) is 0 Å². The number of hydrogen-bond acceptors (Lipinski definition) is 3. The number of hydrogen-bond donors (Lipinski definition) is 2. The molecule has 0 bridgehead atoms. The summed E-state index contributed by atoms with van der Waals surface area (Å²) in [5, 5.41) is 0. The lowest BCUT2D eigenvalue weighted by atomic mass is 10.1. The van der Waals surface area contributed by atoms with Gasteiger partial charge in [-0.05, 0) is 31.5 Å². The lowest BCUT2D eigenvalue weighted by molar-refractivity contribution is 0.866. The van der Waals surface area contributed by atoms with E-state index in [1.54, 1.807) is 6.20 Å². The third-order valence-corrected chi connectivity index (χ3v) is 2.90. The van der Waals surface area contributed by atoms with Crippen molar-refractivity contribution in [2.75, 3.05) is 23.7 Å². The fraction of sp³-hybridized carbons (Fsp3) is 0.308. The average Bonchev–Trinajstić information content (AvgIpc) is 2.78. The molecule has 0 radical (unpaired) electrons. The minimum Gasteiger partial charge on any atom is -0.372 e. The molecule has 90 valence electrons. The van der Waals surface area contributed by atoms with Gasteiger partial charge in [0.25, 0.3) is 0 Å². The second kappa shape index (κ2) is 4.91. The largest absolute Gasteiger partial charge is 0.372 e. The minimum atomic E-state index is 0.452. The molecule has 2 rings (SSSR count). The van der Waals surface area contributed by atoms with E-state index in [1.165, 1.54) is 5.69 Å². The molecule has 0 aliphatic rings. The Balaban J connectivity index is 2.23. The first-order chi connectivity index (χ1) is 8.24. The van der Waals surface area contributed by atoms with Crippen LogP contribution in [0.4, 0.5) is 11.6 Å². The molecule has 0 fully saturated rings. The number of nitrogens with one attached hydrogen (secondary N) is 1. The number of nitrogens with two attached hydrogens (primary N) is 1. The van der Waals surface area contributed by atoms with Crippen LogP contribution in [0, 0.1) is 0 Å². The maximum Gasteiger partial charge on any atom is 0.197 e. The Morgan fingerprint density at radius 1 is 1.18 bits per heavy atom. The molecule has 2 aromatic rings. The molecule has 1 aromatic carbocycles. The topological polar surface area (TPSA) is 57.9 Å². The molecular weight excluding hydrogens is 212 g/mol. The van der Waals surface area contributed by atoms with Crippen molar-refractivity contribution in [1.82, 2.24) is 9.97 Å². The second-order valence-corrected chi connectivity index (χ2v) is 3.90. The summed E-state index contributed by atoms with van der Waals surface area (Å²) in [5.74, 6) is 0.452. The van der Waals surface area contributed by atoms with Gasteiger partial charge in [0.2, 0.25) is 0 Å². The number of benzene rings is 1. The molecule has 4 nitrogen and oxygen atoms in total. The molecular formula is C13H18N4. The van der Waals surface area contributed by atoms with Crippen LogP contribution >= 0.6 is 0 Å². The van der Waals surface area contributed by atoms with Crippen molar-refractivity contribution in [2.45, 2.75) is 13.8 Å². The van der Waals surface area contributed by atoms with Crippen LogP contribution in [0.1, 0.15) is 13.8 Å². The van der Waals surface area contributed by atoms with Crippen molar-refractivity contribution in [3.8, 4) is 11.3 Å². The Morgan fingerprint density at radius 3 is 2.29 bits per heavy atom. The number of imidazole rings is 1. The van der Waals surface area contributed by atoms with Crippen LogP contribution in [0.15, 0.2) is 30.5 Å². The molecule has 1 heterocycles. The Labute approximate surface area is 101 Å². The second-order valence-electron chi connectivity index (χ2n) is 3.90. The number of aromatic amines is 1. The standard InChI is InChI=1S/C13H18N4/c1-3-17(4-2)11-7-5-10(6-8-11)12-9-15-13(14)16-12/h5-9H,3-4H2,1-2H3,(H3,14,15,16). The number of nitrogens with zero attached hydrogens (tertiary/aromatic N) is 2. The number of rotatable bonds is 4. The van der Waals surface area contributed by atoms with E-state index >= 15 is 0 Å². The smallest absolute Gasteiger partial charge is 0.197 e. The first-order valence-electron chi connectivity index (χ1n) is 5.90. The zero-order valence-electron chi connectivity index (χ0n) is 10.3. The average molecular weight is 230 g/mol. The molecule has 0 unspecified atom stereocenters. The van der Waals surface area contributed by atoms with Crippen molar-refractivity contribution < 1.29 is 0 Å². The third-order valence-electron chi connectivity index (χ3n) is 2.90. The molecule has 1 aromatic heterocycles. The molecule has 0 amide bonds. The van der Waals surface area contributed by atoms with Gasteiger partial charge in [-0.3, -0.25) is 0 Å². The lowest BCUT2D eigenvalue weighted by Crippen LogP contribution is -2.21. The Hall–Kier alpha value is -1.97. The Kier molecular flexibility index (Phi) is 3.32. The van der Waals surface area contributed by atoms with Crippen LogP contribution in [0.2, 0.25) is 0 Å². The summed E-state index contributed by atoms with van der Waals surface area (Å²) in [6.45, 7) is 6.36. The van der Waals surface area contributed by atoms with E-state index in [9.17, 15) is 0 Å². The van der Waals surface area contributed by atoms with Gasteiger partial charge in [0.05, 0.1) is 11.9 Å². The van der Waals surface area contributed by atoms with Crippen molar-refractivity contribution in [1.29, 1.82) is 0 Å². The van der Waals surface area contributed by atoms with Gasteiger partial charge in [0.15, 0.2) is 5.95 Å². The van der Waals surface area contributed by atoms with E-state index in [2.05, 4.69) is 53.0 Å². The van der Waals surface area contributed by atoms with Gasteiger partial charge < -0.3 is 15.6 Å². The fourth-order valence-corrected chi connectivity index (χ4v) is 1.92. The van der Waals surface area contributed by atoms with Gasteiger partial charge >= 0.3 is 0 Å². The predicted octanol–water partition coefficient (Wildman–Crippen LogP) is 2.51. The molecule has 0 aliphatic heterocycles. The van der Waals surface area contributed by atoms with Gasteiger partial charge in [-0.2, -0.15) is 0 Å². The van der Waals surface area contributed by atoms with E-state index in [0.29, 0.717) is 5.95 Å². The van der Waals surface area contributed by atoms with Crippen molar-refractivity contribution >= 4 is 11.6 Å². The van der Waals surface area contributed by atoms with E-state index in [1.807, 2.05) is 0 Å². The molecule has 3 N–H and O–H groups in total. The molecule has 0 aliphatic carbocycles. The zero-order chi connectivity index (χ0) is 12.3. The fourth-order valence-electron chi connectivity index (χ4n) is 1.92. The maximum atomic E-state index is 5.56. The molecule has 0 atom stereocenters. The summed E-state index contributed by atoms with van der Waals surface area (Å²) in [6.07, 6.45) is 1.75. The van der Waals surface area contributed by atoms with Crippen LogP contribution in [-0.4, -0.2) is 23.1 Å². The number of nitrogen functional groups attached to an aromatic ring is 1. The van der Waals surface area contributed by atoms with Gasteiger partial charge in [-0.25, -0.2) is 4.98 Å². The summed E-state index contributed by atoms with van der Waals surface area (Å²) in [4.78, 5) is 9.33.